The summed E-state index contributed by atoms with van der Waals surface area (Å²) in [5, 5.41) is 9.19. The Labute approximate surface area is 266 Å². The van der Waals surface area contributed by atoms with Crippen LogP contribution in [0.1, 0.15) is 55.4 Å². The molecule has 2 atom stereocenters. The van der Waals surface area contributed by atoms with E-state index in [1.165, 1.54) is 0 Å². The van der Waals surface area contributed by atoms with Gasteiger partial charge in [-0.15, -0.1) is 0 Å². The van der Waals surface area contributed by atoms with Gasteiger partial charge in [-0.1, -0.05) is 97.6 Å². The summed E-state index contributed by atoms with van der Waals surface area (Å²) < 4.78 is 13.0. The van der Waals surface area contributed by atoms with Crippen molar-refractivity contribution in [1.82, 2.24) is 9.80 Å². The van der Waals surface area contributed by atoms with Gasteiger partial charge in [0.25, 0.3) is 11.8 Å². The van der Waals surface area contributed by atoms with E-state index in [9.17, 15) is 19.5 Å². The fourth-order valence-corrected chi connectivity index (χ4v) is 6.62. The van der Waals surface area contributed by atoms with Crippen molar-refractivity contribution in [3.8, 4) is 11.5 Å². The Bertz CT molecular complexity index is 1550. The molecule has 44 heavy (non-hydrogen) atoms. The third kappa shape index (κ3) is 7.49. The van der Waals surface area contributed by atoms with Gasteiger partial charge in [-0.25, -0.2) is 0 Å². The van der Waals surface area contributed by atoms with Crippen molar-refractivity contribution in [1.29, 1.82) is 0 Å². The summed E-state index contributed by atoms with van der Waals surface area (Å²) in [6.45, 7) is 2.57. The fraction of sp³-hybridized carbons (Fsp3) is 0.294. The van der Waals surface area contributed by atoms with E-state index in [4.69, 9.17) is 21.7 Å². The average molecular weight is 631 g/mol. The van der Waals surface area contributed by atoms with Crippen LogP contribution in [0.15, 0.2) is 83.8 Å². The molecule has 2 fully saturated rings. The number of carboxylic acid groups (broad SMARTS) is 1. The minimum Gasteiger partial charge on any atom is -0.485 e. The lowest BCUT2D eigenvalue weighted by atomic mass is 9.98. The molecule has 1 N–H and O–H groups in total. The first-order valence-electron chi connectivity index (χ1n) is 14.6. The number of thiocarbonyl (C=S) groups is 1. The van der Waals surface area contributed by atoms with Crippen LogP contribution in [-0.4, -0.2) is 56.1 Å². The Balaban J connectivity index is 1.50. The minimum atomic E-state index is -1.14. The molecule has 3 aromatic rings. The highest BCUT2D eigenvalue weighted by molar-refractivity contribution is 8.26. The molecule has 0 radical (unpaired) electrons. The molecule has 0 aromatic heterocycles. The maximum Gasteiger partial charge on any atom is 0.323 e. The largest absolute Gasteiger partial charge is 0.485 e. The van der Waals surface area contributed by atoms with Gasteiger partial charge in [0, 0.05) is 18.2 Å². The second kappa shape index (κ2) is 14.5. The zero-order valence-corrected chi connectivity index (χ0v) is 26.0. The zero-order valence-electron chi connectivity index (χ0n) is 24.4. The topological polar surface area (TPSA) is 96.4 Å². The predicted molar refractivity (Wildman–Crippen MR) is 174 cm³/mol. The van der Waals surface area contributed by atoms with E-state index < -0.39 is 24.5 Å². The van der Waals surface area contributed by atoms with Gasteiger partial charge < -0.3 is 19.5 Å². The van der Waals surface area contributed by atoms with Crippen LogP contribution < -0.4 is 9.47 Å². The number of benzene rings is 3. The van der Waals surface area contributed by atoms with Crippen molar-refractivity contribution in [2.24, 2.45) is 0 Å². The molecule has 2 amide bonds. The molecule has 2 heterocycles. The number of hydrogen-bond donors (Lipinski definition) is 1. The van der Waals surface area contributed by atoms with E-state index >= 15 is 0 Å². The van der Waals surface area contributed by atoms with Crippen LogP contribution in [0, 0.1) is 0 Å². The molecule has 5 rings (SSSR count). The molecule has 3 aromatic carbocycles. The van der Waals surface area contributed by atoms with Gasteiger partial charge in [0.2, 0.25) is 6.10 Å². The Kier molecular flexibility index (Phi) is 10.3. The molecule has 10 heteroatoms. The van der Waals surface area contributed by atoms with Crippen LogP contribution in [0.25, 0.3) is 6.08 Å². The lowest BCUT2D eigenvalue weighted by molar-refractivity contribution is -0.143. The average Bonchev–Trinajstić information content (AvgIpc) is 3.30. The van der Waals surface area contributed by atoms with Crippen LogP contribution >= 0.6 is 24.0 Å². The minimum absolute atomic E-state index is 0.100. The number of nitrogens with zero attached hydrogens (tertiary/aromatic N) is 2. The first kappa shape index (κ1) is 31.3. The highest BCUT2D eigenvalue weighted by atomic mass is 32.2. The van der Waals surface area contributed by atoms with Crippen LogP contribution in [0.2, 0.25) is 0 Å². The molecular formula is C34H34N2O6S2. The third-order valence-corrected chi connectivity index (χ3v) is 9.00. The van der Waals surface area contributed by atoms with Gasteiger partial charge in [0.05, 0.1) is 4.91 Å². The van der Waals surface area contributed by atoms with Crippen molar-refractivity contribution in [2.75, 3.05) is 13.1 Å². The normalized spacial score (nSPS) is 18.4. The van der Waals surface area contributed by atoms with E-state index in [0.717, 1.165) is 53.5 Å². The SMILES string of the molecule is CCC1CCCCN1C(=O)C(Oc1cc(C=C2SC(=S)N(CC(=O)O)C2=O)ccc1OCc1ccccc1)c1ccccc1. The first-order chi connectivity index (χ1) is 21.3. The number of rotatable bonds is 11. The smallest absolute Gasteiger partial charge is 0.323 e. The number of piperidine rings is 1. The standard InChI is InChI=1S/C34H34N2O6S2/c1-2-26-15-9-10-18-35(26)33(40)31(25-13-7-4-8-14-25)42-28-19-24(16-17-27(28)41-22-23-11-5-3-6-12-23)20-29-32(39)36(21-30(37)38)34(43)44-29/h3-8,11-14,16-17,19-20,26,31H,2,9-10,15,18,21-22H2,1H3,(H,37,38). The number of thioether (sulfide) groups is 1. The van der Waals surface area contributed by atoms with E-state index in [1.807, 2.05) is 65.6 Å². The van der Waals surface area contributed by atoms with Gasteiger partial charge in [0.15, 0.2) is 11.5 Å². The maximum absolute atomic E-state index is 14.2. The zero-order chi connectivity index (χ0) is 31.1. The number of carboxylic acids is 1. The Morgan fingerprint density at radius 3 is 2.48 bits per heavy atom. The van der Waals surface area contributed by atoms with Gasteiger partial charge in [-0.2, -0.15) is 0 Å². The Morgan fingerprint density at radius 1 is 1.05 bits per heavy atom. The number of carbonyl (C=O) groups is 3. The fourth-order valence-electron chi connectivity index (χ4n) is 5.37. The molecule has 2 saturated heterocycles. The summed E-state index contributed by atoms with van der Waals surface area (Å²) >= 11 is 6.30. The van der Waals surface area contributed by atoms with E-state index in [0.29, 0.717) is 35.1 Å². The van der Waals surface area contributed by atoms with Crippen LogP contribution in [-0.2, 0) is 21.0 Å². The van der Waals surface area contributed by atoms with Gasteiger partial charge >= 0.3 is 5.97 Å². The van der Waals surface area contributed by atoms with Crippen LogP contribution in [0.3, 0.4) is 0 Å². The van der Waals surface area contributed by atoms with Crippen molar-refractivity contribution in [2.45, 2.75) is 51.4 Å². The van der Waals surface area contributed by atoms with Gasteiger partial charge in [0.1, 0.15) is 17.5 Å². The van der Waals surface area contributed by atoms with Crippen molar-refractivity contribution in [3.63, 3.8) is 0 Å². The van der Waals surface area contributed by atoms with Crippen molar-refractivity contribution in [3.05, 3.63) is 100 Å². The molecule has 2 aliphatic heterocycles. The van der Waals surface area contributed by atoms with Gasteiger partial charge in [-0.05, 0) is 55.0 Å². The molecule has 0 aliphatic carbocycles. The van der Waals surface area contributed by atoms with Gasteiger partial charge in [-0.3, -0.25) is 19.3 Å². The van der Waals surface area contributed by atoms with E-state index in [1.54, 1.807) is 24.3 Å². The lowest BCUT2D eigenvalue weighted by Gasteiger charge is -2.37. The lowest BCUT2D eigenvalue weighted by Crippen LogP contribution is -2.46. The number of hydrogen-bond acceptors (Lipinski definition) is 7. The summed E-state index contributed by atoms with van der Waals surface area (Å²) in [5.41, 5.74) is 2.32. The summed E-state index contributed by atoms with van der Waals surface area (Å²) in [6.07, 6.45) is 4.61. The summed E-state index contributed by atoms with van der Waals surface area (Å²) in [4.78, 5) is 41.7. The second-order valence-electron chi connectivity index (χ2n) is 10.6. The molecule has 2 aliphatic rings. The maximum atomic E-state index is 14.2. The number of ether oxygens (including phenoxy) is 2. The molecule has 0 spiro atoms. The molecule has 228 valence electrons. The monoisotopic (exact) mass is 630 g/mol. The number of amides is 2. The number of aliphatic carboxylic acids is 1. The van der Waals surface area contributed by atoms with Crippen LogP contribution in [0.4, 0.5) is 0 Å². The quantitative estimate of drug-likeness (QED) is 0.191. The summed E-state index contributed by atoms with van der Waals surface area (Å²) in [7, 11) is 0. The molecule has 0 saturated carbocycles. The van der Waals surface area contributed by atoms with Crippen LogP contribution in [0.5, 0.6) is 11.5 Å². The molecular weight excluding hydrogens is 597 g/mol. The van der Waals surface area contributed by atoms with Crippen molar-refractivity contribution >= 4 is 52.2 Å². The third-order valence-electron chi connectivity index (χ3n) is 7.62. The highest BCUT2D eigenvalue weighted by Gasteiger charge is 2.35. The summed E-state index contributed by atoms with van der Waals surface area (Å²) in [5.74, 6) is -0.917. The Hall–Kier alpha value is -4.15. The number of carbonyl (C=O) groups excluding carboxylic acids is 2. The molecule has 2 unspecified atom stereocenters. The second-order valence-corrected chi connectivity index (χ2v) is 12.3. The molecule has 0 bridgehead atoms. The highest BCUT2D eigenvalue weighted by Crippen LogP contribution is 2.38. The Morgan fingerprint density at radius 2 is 1.77 bits per heavy atom. The van der Waals surface area contributed by atoms with E-state index in [2.05, 4.69) is 6.92 Å². The number of likely N-dealkylation sites (tertiary alicyclic amines) is 1. The van der Waals surface area contributed by atoms with Crippen molar-refractivity contribution < 1.29 is 29.0 Å². The summed E-state index contributed by atoms with van der Waals surface area (Å²) in [6, 6.07) is 24.6. The first-order valence-corrected chi connectivity index (χ1v) is 15.9. The van der Waals surface area contributed by atoms with E-state index in [-0.39, 0.29) is 16.3 Å². The molecule has 8 nitrogen and oxygen atoms in total. The predicted octanol–water partition coefficient (Wildman–Crippen LogP) is 6.46.